The summed E-state index contributed by atoms with van der Waals surface area (Å²) in [6.45, 7) is 5.53. The fourth-order valence-corrected chi connectivity index (χ4v) is 3.09. The van der Waals surface area contributed by atoms with Gasteiger partial charge in [-0.15, -0.1) is 0 Å². The summed E-state index contributed by atoms with van der Waals surface area (Å²) in [6.07, 6.45) is 1.78. The van der Waals surface area contributed by atoms with Crippen molar-refractivity contribution in [3.8, 4) is 0 Å². The molecular formula is C15H25N3O6S2. The number of ether oxygens (including phenoxy) is 1. The van der Waals surface area contributed by atoms with Crippen LogP contribution in [0.3, 0.4) is 0 Å². The first-order valence-electron chi connectivity index (χ1n) is 7.70. The fraction of sp³-hybridized carbons (Fsp3) is 0.533. The van der Waals surface area contributed by atoms with Crippen LogP contribution in [0, 0.1) is 0 Å². The molecule has 0 radical (unpaired) electrons. The number of hydrogen-bond donors (Lipinski definition) is 3. The number of benzene rings is 1. The quantitative estimate of drug-likeness (QED) is 0.628. The molecule has 9 nitrogen and oxygen atoms in total. The first kappa shape index (κ1) is 22.0. The maximum Gasteiger partial charge on any atom is 0.407 e. The second kappa shape index (κ2) is 8.12. The lowest BCUT2D eigenvalue weighted by Crippen LogP contribution is -2.33. The zero-order valence-electron chi connectivity index (χ0n) is 15.4. The van der Waals surface area contributed by atoms with E-state index in [4.69, 9.17) is 4.74 Å². The molecule has 0 aliphatic rings. The second-order valence-electron chi connectivity index (χ2n) is 6.81. The number of alkyl carbamates (subject to hydrolysis) is 1. The van der Waals surface area contributed by atoms with E-state index < -0.39 is 31.7 Å². The molecule has 0 heterocycles. The lowest BCUT2D eigenvalue weighted by Gasteiger charge is -2.19. The minimum atomic E-state index is -3.60. The highest BCUT2D eigenvalue weighted by Crippen LogP contribution is 2.25. The van der Waals surface area contributed by atoms with E-state index in [1.807, 2.05) is 0 Å². The Hall–Kier alpha value is -2.01. The summed E-state index contributed by atoms with van der Waals surface area (Å²) in [4.78, 5) is 11.6. The van der Waals surface area contributed by atoms with E-state index >= 15 is 0 Å². The molecule has 26 heavy (non-hydrogen) atoms. The molecule has 148 valence electrons. The molecule has 1 amide bonds. The van der Waals surface area contributed by atoms with Gasteiger partial charge in [-0.2, -0.15) is 0 Å². The Kier molecular flexibility index (Phi) is 6.88. The normalized spacial score (nSPS) is 12.3. The fourth-order valence-electron chi connectivity index (χ4n) is 1.94. The van der Waals surface area contributed by atoms with Crippen LogP contribution in [-0.2, 0) is 31.2 Å². The molecule has 3 N–H and O–H groups in total. The molecule has 0 spiro atoms. The van der Waals surface area contributed by atoms with Crippen LogP contribution in [-0.4, -0.2) is 47.6 Å². The molecule has 0 bridgehead atoms. The molecule has 1 aromatic carbocycles. The van der Waals surface area contributed by atoms with Crippen LogP contribution in [0.25, 0.3) is 0 Å². The number of sulfonamides is 2. The first-order chi connectivity index (χ1) is 11.6. The zero-order chi connectivity index (χ0) is 20.2. The topological polar surface area (TPSA) is 131 Å². The average molecular weight is 408 g/mol. The summed E-state index contributed by atoms with van der Waals surface area (Å²) in [5.41, 5.74) is 0.316. The van der Waals surface area contributed by atoms with E-state index in [0.717, 1.165) is 12.5 Å². The van der Waals surface area contributed by atoms with Crippen LogP contribution in [0.4, 0.5) is 16.2 Å². The van der Waals surface area contributed by atoms with Crippen molar-refractivity contribution in [3.05, 3.63) is 23.8 Å². The third-order valence-electron chi connectivity index (χ3n) is 2.76. The Morgan fingerprint density at radius 1 is 1.00 bits per heavy atom. The van der Waals surface area contributed by atoms with E-state index in [1.54, 1.807) is 26.8 Å². The van der Waals surface area contributed by atoms with Gasteiger partial charge in [0.25, 0.3) is 0 Å². The van der Waals surface area contributed by atoms with Gasteiger partial charge in [0, 0.05) is 6.54 Å². The van der Waals surface area contributed by atoms with Crippen LogP contribution in [0.15, 0.2) is 18.2 Å². The van der Waals surface area contributed by atoms with E-state index in [0.29, 0.717) is 12.0 Å². The van der Waals surface area contributed by atoms with E-state index in [9.17, 15) is 21.6 Å². The van der Waals surface area contributed by atoms with Crippen molar-refractivity contribution in [3.63, 3.8) is 0 Å². The van der Waals surface area contributed by atoms with Crippen LogP contribution in [0.5, 0.6) is 0 Å². The Balaban J connectivity index is 2.87. The lowest BCUT2D eigenvalue weighted by atomic mass is 10.1. The van der Waals surface area contributed by atoms with Crippen molar-refractivity contribution in [2.75, 3.05) is 28.5 Å². The van der Waals surface area contributed by atoms with Crippen molar-refractivity contribution in [2.24, 2.45) is 0 Å². The Morgan fingerprint density at radius 2 is 1.54 bits per heavy atom. The summed E-state index contributed by atoms with van der Waals surface area (Å²) in [5.74, 6) is 0. The van der Waals surface area contributed by atoms with Crippen LogP contribution < -0.4 is 14.8 Å². The van der Waals surface area contributed by atoms with Crippen molar-refractivity contribution in [1.82, 2.24) is 5.32 Å². The number of hydrogen-bond acceptors (Lipinski definition) is 6. The van der Waals surface area contributed by atoms with E-state index in [1.165, 1.54) is 12.1 Å². The van der Waals surface area contributed by atoms with E-state index in [2.05, 4.69) is 14.8 Å². The Bertz CT molecular complexity index is 858. The lowest BCUT2D eigenvalue weighted by molar-refractivity contribution is 0.0528. The SMILES string of the molecule is CC(C)(C)OC(=O)NCCc1ccc(NS(C)(=O)=O)c(NS(C)(=O)=O)c1. The highest BCUT2D eigenvalue weighted by atomic mass is 32.2. The Labute approximate surface area is 154 Å². The summed E-state index contributed by atoms with van der Waals surface area (Å²) >= 11 is 0. The number of nitrogens with one attached hydrogen (secondary N) is 3. The van der Waals surface area contributed by atoms with Crippen molar-refractivity contribution in [2.45, 2.75) is 32.8 Å². The smallest absolute Gasteiger partial charge is 0.407 e. The van der Waals surface area contributed by atoms with Gasteiger partial charge in [0.2, 0.25) is 20.0 Å². The molecule has 1 aromatic rings. The molecule has 0 unspecified atom stereocenters. The third kappa shape index (κ3) is 9.47. The summed E-state index contributed by atoms with van der Waals surface area (Å²) < 4.78 is 55.5. The molecule has 0 saturated carbocycles. The predicted octanol–water partition coefficient (Wildman–Crippen LogP) is 1.50. The van der Waals surface area contributed by atoms with Gasteiger partial charge in [0.1, 0.15) is 5.60 Å². The molecule has 0 aliphatic heterocycles. The number of amides is 1. The largest absolute Gasteiger partial charge is 0.444 e. The molecule has 0 fully saturated rings. The molecule has 11 heteroatoms. The van der Waals surface area contributed by atoms with Gasteiger partial charge in [-0.25, -0.2) is 21.6 Å². The van der Waals surface area contributed by atoms with Gasteiger partial charge in [-0.1, -0.05) is 6.07 Å². The standard InChI is InChI=1S/C15H25N3O6S2/c1-15(2,3)24-14(19)16-9-8-11-6-7-12(17-25(4,20)21)13(10-11)18-26(5,22)23/h6-7,10,17-18H,8-9H2,1-5H3,(H,16,19). The van der Waals surface area contributed by atoms with Gasteiger partial charge < -0.3 is 10.1 Å². The molecule has 0 atom stereocenters. The average Bonchev–Trinajstić information content (AvgIpc) is 2.36. The van der Waals surface area contributed by atoms with Crippen molar-refractivity contribution < 1.29 is 26.4 Å². The van der Waals surface area contributed by atoms with Crippen molar-refractivity contribution >= 4 is 37.5 Å². The molecule has 0 saturated heterocycles. The molecule has 1 rings (SSSR count). The molecule has 0 aromatic heterocycles. The van der Waals surface area contributed by atoms with Gasteiger partial charge in [0.05, 0.1) is 23.9 Å². The van der Waals surface area contributed by atoms with Crippen LogP contribution >= 0.6 is 0 Å². The minimum absolute atomic E-state index is 0.104. The molecule has 0 aliphatic carbocycles. The highest BCUT2D eigenvalue weighted by Gasteiger charge is 2.16. The first-order valence-corrected chi connectivity index (χ1v) is 11.5. The third-order valence-corrected chi connectivity index (χ3v) is 3.94. The number of carbonyl (C=O) groups is 1. The predicted molar refractivity (Wildman–Crippen MR) is 101 cm³/mol. The number of rotatable bonds is 7. The van der Waals surface area contributed by atoms with Gasteiger partial charge in [0.15, 0.2) is 0 Å². The van der Waals surface area contributed by atoms with Gasteiger partial charge in [-0.3, -0.25) is 9.44 Å². The zero-order valence-corrected chi connectivity index (χ0v) is 17.0. The van der Waals surface area contributed by atoms with Crippen LogP contribution in [0.2, 0.25) is 0 Å². The summed E-state index contributed by atoms with van der Waals surface area (Å²) in [7, 11) is -7.17. The highest BCUT2D eigenvalue weighted by molar-refractivity contribution is 7.92. The maximum absolute atomic E-state index is 11.6. The maximum atomic E-state index is 11.6. The van der Waals surface area contributed by atoms with Crippen molar-refractivity contribution in [1.29, 1.82) is 0 Å². The van der Waals surface area contributed by atoms with Gasteiger partial charge >= 0.3 is 6.09 Å². The second-order valence-corrected chi connectivity index (χ2v) is 10.3. The summed E-state index contributed by atoms with van der Waals surface area (Å²) in [6, 6.07) is 4.60. The number of carbonyl (C=O) groups excluding carboxylic acids is 1. The monoisotopic (exact) mass is 407 g/mol. The van der Waals surface area contributed by atoms with Gasteiger partial charge in [-0.05, 0) is 44.9 Å². The number of anilines is 2. The Morgan fingerprint density at radius 3 is 2.04 bits per heavy atom. The summed E-state index contributed by atoms with van der Waals surface area (Å²) in [5, 5.41) is 2.60. The van der Waals surface area contributed by atoms with Crippen LogP contribution in [0.1, 0.15) is 26.3 Å². The minimum Gasteiger partial charge on any atom is -0.444 e. The molecular weight excluding hydrogens is 382 g/mol. The van der Waals surface area contributed by atoms with E-state index in [-0.39, 0.29) is 17.9 Å².